The van der Waals surface area contributed by atoms with E-state index in [9.17, 15) is 14.7 Å². The minimum Gasteiger partial charge on any atom is -0.508 e. The number of rotatable bonds is 8. The van der Waals surface area contributed by atoms with Crippen molar-refractivity contribution in [3.8, 4) is 16.3 Å². The summed E-state index contributed by atoms with van der Waals surface area (Å²) in [7, 11) is 0. The summed E-state index contributed by atoms with van der Waals surface area (Å²) in [4.78, 5) is 28.5. The minimum absolute atomic E-state index is 0.0460. The van der Waals surface area contributed by atoms with E-state index in [1.165, 1.54) is 23.5 Å². The van der Waals surface area contributed by atoms with Crippen LogP contribution in [-0.4, -0.2) is 35.0 Å². The van der Waals surface area contributed by atoms with E-state index in [2.05, 4.69) is 15.6 Å². The lowest BCUT2D eigenvalue weighted by molar-refractivity contribution is -0.120. The number of aromatic hydroxyl groups is 1. The van der Waals surface area contributed by atoms with E-state index in [4.69, 9.17) is 11.6 Å². The molecule has 6 nitrogen and oxygen atoms in total. The molecular weight excluding hydrogens is 410 g/mol. The molecule has 0 aliphatic rings. The molecule has 0 aliphatic heterocycles. The Balaban J connectivity index is 1.38. The van der Waals surface area contributed by atoms with Crippen molar-refractivity contribution < 1.29 is 14.7 Å². The Labute approximate surface area is 177 Å². The van der Waals surface area contributed by atoms with Crippen molar-refractivity contribution in [3.05, 3.63) is 70.2 Å². The van der Waals surface area contributed by atoms with E-state index in [1.54, 1.807) is 12.1 Å². The molecule has 0 saturated heterocycles. The number of carbonyl (C=O) groups excluding carboxylic acids is 2. The zero-order valence-electron chi connectivity index (χ0n) is 15.5. The smallest absolute Gasteiger partial charge is 0.251 e. The van der Waals surface area contributed by atoms with Gasteiger partial charge < -0.3 is 15.7 Å². The molecule has 3 N–H and O–H groups in total. The molecule has 0 unspecified atom stereocenters. The molecule has 0 saturated carbocycles. The highest BCUT2D eigenvalue weighted by atomic mass is 35.5. The maximum absolute atomic E-state index is 12.1. The molecule has 0 fully saturated rings. The lowest BCUT2D eigenvalue weighted by Gasteiger charge is -2.07. The number of hydrogen-bond donors (Lipinski definition) is 3. The first-order chi connectivity index (χ1) is 14.0. The van der Waals surface area contributed by atoms with E-state index in [0.29, 0.717) is 35.8 Å². The van der Waals surface area contributed by atoms with Crippen molar-refractivity contribution in [2.75, 3.05) is 13.1 Å². The van der Waals surface area contributed by atoms with E-state index in [1.807, 2.05) is 29.6 Å². The van der Waals surface area contributed by atoms with Gasteiger partial charge in [0.25, 0.3) is 5.91 Å². The molecule has 1 aromatic heterocycles. The van der Waals surface area contributed by atoms with Gasteiger partial charge in [0.2, 0.25) is 5.91 Å². The number of thiazole rings is 1. The summed E-state index contributed by atoms with van der Waals surface area (Å²) in [6.07, 6.45) is 0.787. The van der Waals surface area contributed by atoms with Gasteiger partial charge in [0.15, 0.2) is 0 Å². The van der Waals surface area contributed by atoms with Crippen LogP contribution in [-0.2, 0) is 11.2 Å². The molecule has 1 heterocycles. The number of phenols is 1. The Kier molecular flexibility index (Phi) is 7.21. The summed E-state index contributed by atoms with van der Waals surface area (Å²) < 4.78 is 0. The number of benzene rings is 2. The number of hydrogen-bond acceptors (Lipinski definition) is 5. The van der Waals surface area contributed by atoms with Crippen LogP contribution in [0.5, 0.6) is 5.75 Å². The van der Waals surface area contributed by atoms with Gasteiger partial charge in [-0.15, -0.1) is 11.3 Å². The van der Waals surface area contributed by atoms with E-state index in [0.717, 1.165) is 10.6 Å². The van der Waals surface area contributed by atoms with Crippen molar-refractivity contribution in [2.24, 2.45) is 0 Å². The topological polar surface area (TPSA) is 91.3 Å². The fourth-order valence-corrected chi connectivity index (χ4v) is 3.78. The third-order valence-corrected chi connectivity index (χ3v) is 5.32. The highest BCUT2D eigenvalue weighted by Crippen LogP contribution is 2.30. The van der Waals surface area contributed by atoms with Crippen molar-refractivity contribution in [2.45, 2.75) is 12.8 Å². The first kappa shape index (κ1) is 20.8. The molecule has 150 valence electrons. The molecule has 3 aromatic rings. The summed E-state index contributed by atoms with van der Waals surface area (Å²) in [5.41, 5.74) is 1.94. The van der Waals surface area contributed by atoms with Crippen molar-refractivity contribution in [1.82, 2.24) is 15.6 Å². The Morgan fingerprint density at radius 3 is 2.66 bits per heavy atom. The van der Waals surface area contributed by atoms with Crippen LogP contribution in [0.4, 0.5) is 0 Å². The fourth-order valence-electron chi connectivity index (χ4n) is 2.64. The van der Waals surface area contributed by atoms with Crippen LogP contribution in [0.15, 0.2) is 53.9 Å². The van der Waals surface area contributed by atoms with Gasteiger partial charge in [-0.2, -0.15) is 0 Å². The largest absolute Gasteiger partial charge is 0.508 e. The van der Waals surface area contributed by atoms with Crippen LogP contribution in [0.25, 0.3) is 10.6 Å². The van der Waals surface area contributed by atoms with Gasteiger partial charge in [-0.3, -0.25) is 9.59 Å². The average molecular weight is 430 g/mol. The number of nitrogens with zero attached hydrogens (tertiary/aromatic N) is 1. The normalized spacial score (nSPS) is 10.5. The summed E-state index contributed by atoms with van der Waals surface area (Å²) in [5.74, 6) is -0.341. The molecule has 2 aromatic carbocycles. The number of halogens is 1. The molecule has 0 spiro atoms. The van der Waals surface area contributed by atoms with Gasteiger partial charge in [0, 0.05) is 29.6 Å². The zero-order chi connectivity index (χ0) is 20.6. The van der Waals surface area contributed by atoms with Crippen LogP contribution in [0.3, 0.4) is 0 Å². The molecular formula is C21H20ClN3O3S. The van der Waals surface area contributed by atoms with E-state index in [-0.39, 0.29) is 24.0 Å². The second-order valence-electron chi connectivity index (χ2n) is 6.31. The number of aromatic nitrogens is 1. The highest BCUT2D eigenvalue weighted by molar-refractivity contribution is 7.13. The van der Waals surface area contributed by atoms with Crippen LogP contribution >= 0.6 is 22.9 Å². The number of amides is 2. The lowest BCUT2D eigenvalue weighted by Crippen LogP contribution is -2.30. The first-order valence-electron chi connectivity index (χ1n) is 9.06. The fraction of sp³-hybridized carbons (Fsp3) is 0.190. The maximum Gasteiger partial charge on any atom is 0.251 e. The quantitative estimate of drug-likeness (QED) is 0.476. The average Bonchev–Trinajstić information content (AvgIpc) is 3.16. The highest BCUT2D eigenvalue weighted by Gasteiger charge is 2.11. The molecule has 0 bridgehead atoms. The van der Waals surface area contributed by atoms with Crippen LogP contribution < -0.4 is 10.6 Å². The summed E-state index contributed by atoms with van der Waals surface area (Å²) in [5, 5.41) is 18.2. The van der Waals surface area contributed by atoms with E-state index >= 15 is 0 Å². The minimum atomic E-state index is -0.262. The predicted molar refractivity (Wildman–Crippen MR) is 114 cm³/mol. The zero-order valence-corrected chi connectivity index (χ0v) is 17.1. The monoisotopic (exact) mass is 429 g/mol. The molecule has 8 heteroatoms. The molecule has 29 heavy (non-hydrogen) atoms. The summed E-state index contributed by atoms with van der Waals surface area (Å²) in [6.45, 7) is 0.864. The second-order valence-corrected chi connectivity index (χ2v) is 7.58. The van der Waals surface area contributed by atoms with Gasteiger partial charge in [0.1, 0.15) is 10.8 Å². The third kappa shape index (κ3) is 6.04. The SMILES string of the molecule is O=C(Cc1csc(-c2ccccc2Cl)n1)NCCCNC(=O)c1cccc(O)c1. The molecule has 0 atom stereocenters. The lowest BCUT2D eigenvalue weighted by atomic mass is 10.2. The van der Waals surface area contributed by atoms with Gasteiger partial charge in [-0.05, 0) is 30.7 Å². The van der Waals surface area contributed by atoms with Crippen molar-refractivity contribution in [1.29, 1.82) is 0 Å². The summed E-state index contributed by atoms with van der Waals surface area (Å²) in [6, 6.07) is 13.6. The Bertz CT molecular complexity index is 1010. The Hall–Kier alpha value is -2.90. The van der Waals surface area contributed by atoms with Crippen LogP contribution in [0.1, 0.15) is 22.5 Å². The van der Waals surface area contributed by atoms with Gasteiger partial charge >= 0.3 is 0 Å². The molecule has 2 amide bonds. The first-order valence-corrected chi connectivity index (χ1v) is 10.3. The standard InChI is InChI=1S/C21H20ClN3O3S/c22-18-8-2-1-7-17(18)21-25-15(13-29-21)12-19(27)23-9-4-10-24-20(28)14-5-3-6-16(26)11-14/h1-3,5-8,11,13,26H,4,9-10,12H2,(H,23,27)(H,24,28). The van der Waals surface area contributed by atoms with E-state index < -0.39 is 0 Å². The summed E-state index contributed by atoms with van der Waals surface area (Å²) >= 11 is 7.64. The second kappa shape index (κ2) is 10.0. The Morgan fingerprint density at radius 2 is 1.86 bits per heavy atom. The van der Waals surface area contributed by atoms with Crippen molar-refractivity contribution >= 4 is 34.8 Å². The van der Waals surface area contributed by atoms with Gasteiger partial charge in [-0.1, -0.05) is 35.9 Å². The van der Waals surface area contributed by atoms with Gasteiger partial charge in [-0.25, -0.2) is 4.98 Å². The molecule has 0 aliphatic carbocycles. The maximum atomic E-state index is 12.1. The third-order valence-electron chi connectivity index (χ3n) is 4.07. The number of nitrogens with one attached hydrogen (secondary N) is 2. The number of carbonyl (C=O) groups is 2. The van der Waals surface area contributed by atoms with Crippen LogP contribution in [0.2, 0.25) is 5.02 Å². The van der Waals surface area contributed by atoms with Crippen molar-refractivity contribution in [3.63, 3.8) is 0 Å². The van der Waals surface area contributed by atoms with Crippen LogP contribution in [0, 0.1) is 0 Å². The number of phenolic OH excluding ortho intramolecular Hbond substituents is 1. The molecule has 3 rings (SSSR count). The predicted octanol–water partition coefficient (Wildman–Crippen LogP) is 3.65. The Morgan fingerprint density at radius 1 is 1.07 bits per heavy atom. The van der Waals surface area contributed by atoms with Gasteiger partial charge in [0.05, 0.1) is 17.1 Å². The molecule has 0 radical (unpaired) electrons.